The van der Waals surface area contributed by atoms with Gasteiger partial charge in [-0.1, -0.05) is 6.42 Å². The number of carbonyl (C=O) groups excluding carboxylic acids is 1. The van der Waals surface area contributed by atoms with Gasteiger partial charge >= 0.3 is 0 Å². The number of hydrogen-bond donors (Lipinski definition) is 2. The molecule has 1 saturated heterocycles. The maximum Gasteiger partial charge on any atom is 0.223 e. The second kappa shape index (κ2) is 7.05. The molecule has 1 saturated carbocycles. The van der Waals surface area contributed by atoms with Gasteiger partial charge in [-0.2, -0.15) is 5.10 Å². The molecule has 6 heteroatoms. The van der Waals surface area contributed by atoms with Gasteiger partial charge in [0, 0.05) is 31.2 Å². The highest BCUT2D eigenvalue weighted by Crippen LogP contribution is 2.31. The smallest absolute Gasteiger partial charge is 0.223 e. The van der Waals surface area contributed by atoms with Crippen molar-refractivity contribution >= 4 is 11.7 Å². The van der Waals surface area contributed by atoms with Crippen LogP contribution in [0, 0.1) is 11.8 Å². The van der Waals surface area contributed by atoms with E-state index in [9.17, 15) is 4.79 Å². The first-order valence-electron chi connectivity index (χ1n) is 8.31. The zero-order valence-electron chi connectivity index (χ0n) is 12.9. The molecule has 3 N–H and O–H groups in total. The zero-order chi connectivity index (χ0) is 15.4. The molecule has 2 heterocycles. The minimum atomic E-state index is 0.108. The first-order chi connectivity index (χ1) is 10.8. The molecule has 3 atom stereocenters. The summed E-state index contributed by atoms with van der Waals surface area (Å²) in [5, 5.41) is 11.3. The lowest BCUT2D eigenvalue weighted by Gasteiger charge is -2.26. The summed E-state index contributed by atoms with van der Waals surface area (Å²) in [6, 6.07) is 4.20. The molecule has 1 amide bonds. The van der Waals surface area contributed by atoms with Gasteiger partial charge in [-0.25, -0.2) is 0 Å². The van der Waals surface area contributed by atoms with Crippen LogP contribution in [0.5, 0.6) is 0 Å². The average molecular weight is 303 g/mol. The van der Waals surface area contributed by atoms with Crippen LogP contribution in [0.1, 0.15) is 32.1 Å². The Morgan fingerprint density at radius 3 is 3.05 bits per heavy atom. The molecule has 0 aromatic carbocycles. The number of nitrogens with two attached hydrogens (primary N) is 1. The molecule has 120 valence electrons. The normalized spacial score (nSPS) is 28.0. The van der Waals surface area contributed by atoms with E-state index in [2.05, 4.69) is 20.4 Å². The lowest BCUT2D eigenvalue weighted by molar-refractivity contribution is -0.126. The Morgan fingerprint density at radius 1 is 1.36 bits per heavy atom. The van der Waals surface area contributed by atoms with Gasteiger partial charge in [0.1, 0.15) is 0 Å². The minimum Gasteiger partial charge on any atom is -0.354 e. The summed E-state index contributed by atoms with van der Waals surface area (Å²) in [5.41, 5.74) is 5.77. The molecule has 6 nitrogen and oxygen atoms in total. The summed E-state index contributed by atoms with van der Waals surface area (Å²) in [6.07, 6.45) is 7.09. The van der Waals surface area contributed by atoms with Gasteiger partial charge < -0.3 is 16.0 Å². The van der Waals surface area contributed by atoms with Crippen molar-refractivity contribution in [3.05, 3.63) is 18.3 Å². The SMILES string of the molecule is NC[C@H]1CCC[C@H]1C(=O)NCC1CCCN1c1cccnn1. The Balaban J connectivity index is 1.55. The van der Waals surface area contributed by atoms with Crippen LogP contribution < -0.4 is 16.0 Å². The van der Waals surface area contributed by atoms with Crippen LogP contribution >= 0.6 is 0 Å². The van der Waals surface area contributed by atoms with Crippen molar-refractivity contribution in [2.75, 3.05) is 24.5 Å². The molecule has 3 rings (SSSR count). The molecular formula is C16H25N5O. The predicted molar refractivity (Wildman–Crippen MR) is 85.3 cm³/mol. The minimum absolute atomic E-state index is 0.108. The summed E-state index contributed by atoms with van der Waals surface area (Å²) in [4.78, 5) is 14.7. The first kappa shape index (κ1) is 15.2. The van der Waals surface area contributed by atoms with E-state index in [0.29, 0.717) is 25.0 Å². The molecule has 0 radical (unpaired) electrons. The molecule has 0 bridgehead atoms. The van der Waals surface area contributed by atoms with Crippen LogP contribution in [0.4, 0.5) is 5.82 Å². The van der Waals surface area contributed by atoms with Crippen molar-refractivity contribution in [1.82, 2.24) is 15.5 Å². The Bertz CT molecular complexity index is 495. The van der Waals surface area contributed by atoms with Crippen LogP contribution in [-0.4, -0.2) is 41.8 Å². The van der Waals surface area contributed by atoms with Crippen LogP contribution in [-0.2, 0) is 4.79 Å². The van der Waals surface area contributed by atoms with E-state index in [0.717, 1.165) is 44.5 Å². The van der Waals surface area contributed by atoms with E-state index in [1.54, 1.807) is 6.20 Å². The summed E-state index contributed by atoms with van der Waals surface area (Å²) >= 11 is 0. The standard InChI is InChI=1S/C16H25N5O/c17-10-12-4-1-6-14(12)16(22)18-11-13-5-3-9-21(13)15-7-2-8-19-20-15/h2,7-8,12-14H,1,3-6,9-11,17H2,(H,18,22)/t12-,13?,14-/m1/s1. The zero-order valence-corrected chi connectivity index (χ0v) is 12.9. The Labute approximate surface area is 131 Å². The fraction of sp³-hybridized carbons (Fsp3) is 0.688. The summed E-state index contributed by atoms with van der Waals surface area (Å²) in [7, 11) is 0. The Kier molecular flexibility index (Phi) is 4.87. The van der Waals surface area contributed by atoms with Gasteiger partial charge in [0.15, 0.2) is 5.82 Å². The number of amides is 1. The molecule has 0 spiro atoms. The van der Waals surface area contributed by atoms with Crippen molar-refractivity contribution in [1.29, 1.82) is 0 Å². The molecule has 1 aromatic heterocycles. The summed E-state index contributed by atoms with van der Waals surface area (Å²) < 4.78 is 0. The predicted octanol–water partition coefficient (Wildman–Crippen LogP) is 0.937. The highest BCUT2D eigenvalue weighted by atomic mass is 16.1. The van der Waals surface area contributed by atoms with Gasteiger partial charge in [0.25, 0.3) is 0 Å². The molecule has 1 aromatic rings. The molecule has 1 aliphatic carbocycles. The highest BCUT2D eigenvalue weighted by molar-refractivity contribution is 5.79. The largest absolute Gasteiger partial charge is 0.354 e. The topological polar surface area (TPSA) is 84.1 Å². The maximum atomic E-state index is 12.4. The molecule has 2 fully saturated rings. The van der Waals surface area contributed by atoms with Crippen molar-refractivity contribution in [2.24, 2.45) is 17.6 Å². The number of nitrogens with zero attached hydrogens (tertiary/aromatic N) is 3. The number of anilines is 1. The Hall–Kier alpha value is -1.69. The van der Waals surface area contributed by atoms with Gasteiger partial charge in [-0.3, -0.25) is 4.79 Å². The summed E-state index contributed by atoms with van der Waals surface area (Å²) in [5.74, 6) is 1.55. The van der Waals surface area contributed by atoms with Gasteiger partial charge in [0.2, 0.25) is 5.91 Å². The van der Waals surface area contributed by atoms with E-state index in [-0.39, 0.29) is 11.8 Å². The molecular weight excluding hydrogens is 278 g/mol. The monoisotopic (exact) mass is 303 g/mol. The van der Waals surface area contributed by atoms with E-state index in [1.807, 2.05) is 12.1 Å². The van der Waals surface area contributed by atoms with Crippen LogP contribution in [0.15, 0.2) is 18.3 Å². The number of hydrogen-bond acceptors (Lipinski definition) is 5. The molecule has 1 unspecified atom stereocenters. The van der Waals surface area contributed by atoms with Crippen LogP contribution in [0.3, 0.4) is 0 Å². The van der Waals surface area contributed by atoms with E-state index < -0.39 is 0 Å². The third-order valence-corrected chi connectivity index (χ3v) is 5.04. The van der Waals surface area contributed by atoms with E-state index in [1.165, 1.54) is 0 Å². The quantitative estimate of drug-likeness (QED) is 0.845. The maximum absolute atomic E-state index is 12.4. The summed E-state index contributed by atoms with van der Waals surface area (Å²) in [6.45, 7) is 2.28. The third-order valence-electron chi connectivity index (χ3n) is 5.04. The number of aromatic nitrogens is 2. The van der Waals surface area contributed by atoms with Crippen molar-refractivity contribution in [3.8, 4) is 0 Å². The highest BCUT2D eigenvalue weighted by Gasteiger charge is 2.33. The molecule has 2 aliphatic rings. The third kappa shape index (κ3) is 3.21. The number of carbonyl (C=O) groups is 1. The number of nitrogens with one attached hydrogen (secondary N) is 1. The van der Waals surface area contributed by atoms with Crippen LogP contribution in [0.2, 0.25) is 0 Å². The van der Waals surface area contributed by atoms with Crippen molar-refractivity contribution < 1.29 is 4.79 Å². The second-order valence-corrected chi connectivity index (χ2v) is 6.35. The van der Waals surface area contributed by atoms with Crippen molar-refractivity contribution in [2.45, 2.75) is 38.1 Å². The fourth-order valence-corrected chi connectivity index (χ4v) is 3.81. The van der Waals surface area contributed by atoms with Crippen LogP contribution in [0.25, 0.3) is 0 Å². The van der Waals surface area contributed by atoms with Gasteiger partial charge in [-0.15, -0.1) is 5.10 Å². The second-order valence-electron chi connectivity index (χ2n) is 6.35. The van der Waals surface area contributed by atoms with E-state index in [4.69, 9.17) is 5.73 Å². The van der Waals surface area contributed by atoms with Gasteiger partial charge in [-0.05, 0) is 50.3 Å². The molecule has 22 heavy (non-hydrogen) atoms. The fourth-order valence-electron chi connectivity index (χ4n) is 3.81. The number of rotatable bonds is 5. The lowest BCUT2D eigenvalue weighted by Crippen LogP contribution is -2.43. The van der Waals surface area contributed by atoms with Crippen molar-refractivity contribution in [3.63, 3.8) is 0 Å². The van der Waals surface area contributed by atoms with E-state index >= 15 is 0 Å². The lowest BCUT2D eigenvalue weighted by atomic mass is 9.95. The Morgan fingerprint density at radius 2 is 2.27 bits per heavy atom. The first-order valence-corrected chi connectivity index (χ1v) is 8.31. The molecule has 1 aliphatic heterocycles. The average Bonchev–Trinajstić information content (AvgIpc) is 3.22. The van der Waals surface area contributed by atoms with Gasteiger partial charge in [0.05, 0.1) is 0 Å².